The number of carbonyl (C=O) groups is 1. The van der Waals surface area contributed by atoms with Crippen molar-refractivity contribution in [3.8, 4) is 11.5 Å². The molecule has 27 heavy (non-hydrogen) atoms. The molecule has 0 fully saturated rings. The average Bonchev–Trinajstić information content (AvgIpc) is 2.96. The van der Waals surface area contributed by atoms with Gasteiger partial charge in [-0.05, 0) is 46.1 Å². The Balaban J connectivity index is 2.15. The molecule has 1 aliphatic heterocycles. The van der Waals surface area contributed by atoms with Gasteiger partial charge in [-0.3, -0.25) is 18.7 Å². The summed E-state index contributed by atoms with van der Waals surface area (Å²) in [5, 5.41) is 12.8. The molecule has 9 heteroatoms. The SMILES string of the molecule is CCCn1c2c(c(=O)n(C)c1=O)C(=O)/C(=C/c1cc(Br)c(O)c(OC)c1)N2. The van der Waals surface area contributed by atoms with E-state index in [0.717, 1.165) is 4.57 Å². The molecule has 0 aliphatic carbocycles. The number of carbonyl (C=O) groups excluding carboxylic acids is 1. The van der Waals surface area contributed by atoms with E-state index in [1.165, 1.54) is 24.8 Å². The lowest BCUT2D eigenvalue weighted by atomic mass is 10.1. The van der Waals surface area contributed by atoms with Crippen molar-refractivity contribution in [1.82, 2.24) is 9.13 Å². The molecule has 2 heterocycles. The number of anilines is 1. The average molecular weight is 436 g/mol. The molecular weight excluding hydrogens is 418 g/mol. The summed E-state index contributed by atoms with van der Waals surface area (Å²) >= 11 is 3.23. The number of methoxy groups -OCH3 is 1. The van der Waals surface area contributed by atoms with Crippen LogP contribution in [0.3, 0.4) is 0 Å². The standard InChI is InChI=1S/C18H18BrN3O5/c1-4-5-22-16-13(17(25)21(2)18(22)26)15(24)11(20-16)7-9-6-10(19)14(23)12(8-9)27-3/h6-8,20,23H,4-5H2,1-3H3/b11-7-. The van der Waals surface area contributed by atoms with Crippen LogP contribution in [0.25, 0.3) is 6.08 Å². The van der Waals surface area contributed by atoms with E-state index in [2.05, 4.69) is 21.2 Å². The summed E-state index contributed by atoms with van der Waals surface area (Å²) in [4.78, 5) is 37.6. The summed E-state index contributed by atoms with van der Waals surface area (Å²) in [6.45, 7) is 2.28. The van der Waals surface area contributed by atoms with Crippen molar-refractivity contribution in [2.75, 3.05) is 12.4 Å². The highest BCUT2D eigenvalue weighted by Gasteiger charge is 2.32. The molecule has 0 unspecified atom stereocenters. The summed E-state index contributed by atoms with van der Waals surface area (Å²) in [5.41, 5.74) is -0.427. The minimum absolute atomic E-state index is 0.0541. The van der Waals surface area contributed by atoms with Gasteiger partial charge in [0.2, 0.25) is 5.78 Å². The molecule has 2 N–H and O–H groups in total. The molecule has 8 nitrogen and oxygen atoms in total. The Morgan fingerprint density at radius 3 is 2.63 bits per heavy atom. The van der Waals surface area contributed by atoms with Crippen molar-refractivity contribution in [1.29, 1.82) is 0 Å². The summed E-state index contributed by atoms with van der Waals surface area (Å²) in [6.07, 6.45) is 2.21. The minimum Gasteiger partial charge on any atom is -0.503 e. The minimum atomic E-state index is -0.632. The number of Topliss-reactive ketones (excluding diaryl/α,β-unsaturated/α-hetero) is 1. The molecule has 0 saturated heterocycles. The number of hydrogen-bond donors (Lipinski definition) is 2. The molecule has 1 aliphatic rings. The molecule has 0 saturated carbocycles. The van der Waals surface area contributed by atoms with Gasteiger partial charge in [0.05, 0.1) is 17.3 Å². The largest absolute Gasteiger partial charge is 0.503 e. The van der Waals surface area contributed by atoms with Crippen LogP contribution in [0.15, 0.2) is 31.9 Å². The highest BCUT2D eigenvalue weighted by atomic mass is 79.9. The van der Waals surface area contributed by atoms with Crippen LogP contribution in [0, 0.1) is 0 Å². The van der Waals surface area contributed by atoms with E-state index in [1.54, 1.807) is 12.1 Å². The van der Waals surface area contributed by atoms with Gasteiger partial charge in [0.1, 0.15) is 11.4 Å². The zero-order chi connectivity index (χ0) is 19.9. The molecule has 2 aromatic rings. The normalized spacial score (nSPS) is 14.4. The number of nitrogens with one attached hydrogen (secondary N) is 1. The molecule has 3 rings (SSSR count). The number of benzene rings is 1. The molecule has 1 aromatic heterocycles. The van der Waals surface area contributed by atoms with Gasteiger partial charge < -0.3 is 15.2 Å². The lowest BCUT2D eigenvalue weighted by Gasteiger charge is -2.11. The van der Waals surface area contributed by atoms with Crippen LogP contribution in [0.1, 0.15) is 29.3 Å². The highest BCUT2D eigenvalue weighted by molar-refractivity contribution is 9.10. The quantitative estimate of drug-likeness (QED) is 0.712. The second-order valence-electron chi connectivity index (χ2n) is 6.09. The van der Waals surface area contributed by atoms with Gasteiger partial charge in [0.15, 0.2) is 11.5 Å². The maximum absolute atomic E-state index is 12.8. The number of ketones is 1. The van der Waals surface area contributed by atoms with Gasteiger partial charge in [-0.25, -0.2) is 4.79 Å². The number of allylic oxidation sites excluding steroid dienone is 1. The van der Waals surface area contributed by atoms with Crippen LogP contribution in [0.4, 0.5) is 5.82 Å². The lowest BCUT2D eigenvalue weighted by molar-refractivity contribution is 0.104. The van der Waals surface area contributed by atoms with Crippen molar-refractivity contribution in [2.45, 2.75) is 19.9 Å². The predicted octanol–water partition coefficient (Wildman–Crippen LogP) is 2.08. The number of aromatic nitrogens is 2. The monoisotopic (exact) mass is 435 g/mol. The van der Waals surface area contributed by atoms with Crippen LogP contribution < -0.4 is 21.3 Å². The Bertz CT molecular complexity index is 1100. The van der Waals surface area contributed by atoms with Crippen molar-refractivity contribution in [3.05, 3.63) is 54.3 Å². The summed E-state index contributed by atoms with van der Waals surface area (Å²) < 4.78 is 7.84. The first-order valence-electron chi connectivity index (χ1n) is 8.23. The van der Waals surface area contributed by atoms with Gasteiger partial charge in [0.25, 0.3) is 5.56 Å². The number of ether oxygens (including phenoxy) is 1. The number of aromatic hydroxyl groups is 1. The lowest BCUT2D eigenvalue weighted by Crippen LogP contribution is -2.40. The molecular formula is C18H18BrN3O5. The van der Waals surface area contributed by atoms with E-state index in [0.29, 0.717) is 23.0 Å². The fourth-order valence-corrected chi connectivity index (χ4v) is 3.41. The van der Waals surface area contributed by atoms with E-state index < -0.39 is 17.0 Å². The first kappa shape index (κ1) is 19.0. The molecule has 0 atom stereocenters. The van der Waals surface area contributed by atoms with Gasteiger partial charge >= 0.3 is 5.69 Å². The van der Waals surface area contributed by atoms with Crippen molar-refractivity contribution in [3.63, 3.8) is 0 Å². The number of phenols is 1. The first-order chi connectivity index (χ1) is 12.8. The number of fused-ring (bicyclic) bond motifs is 1. The van der Waals surface area contributed by atoms with E-state index >= 15 is 0 Å². The van der Waals surface area contributed by atoms with Crippen LogP contribution in [-0.4, -0.2) is 27.1 Å². The fraction of sp³-hybridized carbons (Fsp3) is 0.278. The Hall–Kier alpha value is -2.81. The zero-order valence-corrected chi connectivity index (χ0v) is 16.6. The summed E-state index contributed by atoms with van der Waals surface area (Å²) in [7, 11) is 2.77. The third kappa shape index (κ3) is 3.08. The van der Waals surface area contributed by atoms with E-state index in [-0.39, 0.29) is 28.6 Å². The van der Waals surface area contributed by atoms with Gasteiger partial charge in [-0.2, -0.15) is 0 Å². The van der Waals surface area contributed by atoms with E-state index in [4.69, 9.17) is 4.74 Å². The number of hydrogen-bond acceptors (Lipinski definition) is 6. The molecule has 1 aromatic carbocycles. The Morgan fingerprint density at radius 1 is 1.30 bits per heavy atom. The van der Waals surface area contributed by atoms with Crippen molar-refractivity contribution >= 4 is 33.6 Å². The van der Waals surface area contributed by atoms with Crippen LogP contribution >= 0.6 is 15.9 Å². The highest BCUT2D eigenvalue weighted by Crippen LogP contribution is 2.36. The fourth-order valence-electron chi connectivity index (χ4n) is 2.95. The maximum Gasteiger partial charge on any atom is 0.332 e. The molecule has 0 bridgehead atoms. The molecule has 0 radical (unpaired) electrons. The van der Waals surface area contributed by atoms with Crippen LogP contribution in [-0.2, 0) is 13.6 Å². The van der Waals surface area contributed by atoms with Crippen LogP contribution in [0.2, 0.25) is 0 Å². The predicted molar refractivity (Wildman–Crippen MR) is 105 cm³/mol. The van der Waals surface area contributed by atoms with Gasteiger partial charge in [-0.15, -0.1) is 0 Å². The number of rotatable bonds is 4. The Morgan fingerprint density at radius 2 is 2.00 bits per heavy atom. The molecule has 0 amide bonds. The Kier molecular flexibility index (Phi) is 4.97. The van der Waals surface area contributed by atoms with Crippen molar-refractivity contribution in [2.24, 2.45) is 7.05 Å². The summed E-state index contributed by atoms with van der Waals surface area (Å²) in [6, 6.07) is 3.17. The number of phenolic OH excluding ortho intramolecular Hbond substituents is 1. The maximum atomic E-state index is 12.8. The van der Waals surface area contributed by atoms with E-state index in [9.17, 15) is 19.5 Å². The third-order valence-electron chi connectivity index (χ3n) is 4.30. The van der Waals surface area contributed by atoms with Crippen molar-refractivity contribution < 1.29 is 14.6 Å². The number of halogens is 1. The third-order valence-corrected chi connectivity index (χ3v) is 4.90. The molecule has 0 spiro atoms. The molecule has 142 valence electrons. The van der Waals surface area contributed by atoms with Gasteiger partial charge in [-0.1, -0.05) is 6.92 Å². The zero-order valence-electron chi connectivity index (χ0n) is 15.0. The number of nitrogens with zero attached hydrogens (tertiary/aromatic N) is 2. The van der Waals surface area contributed by atoms with E-state index in [1.807, 2.05) is 6.92 Å². The Labute approximate surface area is 162 Å². The first-order valence-corrected chi connectivity index (χ1v) is 9.03. The second kappa shape index (κ2) is 7.07. The van der Waals surface area contributed by atoms with Crippen LogP contribution in [0.5, 0.6) is 11.5 Å². The second-order valence-corrected chi connectivity index (χ2v) is 6.94. The van der Waals surface area contributed by atoms with Gasteiger partial charge in [0, 0.05) is 13.6 Å². The summed E-state index contributed by atoms with van der Waals surface area (Å²) in [5.74, 6) is -0.0954. The topological polar surface area (TPSA) is 103 Å². The smallest absolute Gasteiger partial charge is 0.332 e.